The van der Waals surface area contributed by atoms with Crippen LogP contribution >= 0.6 is 0 Å². The highest BCUT2D eigenvalue weighted by Crippen LogP contribution is 2.35. The summed E-state index contributed by atoms with van der Waals surface area (Å²) in [6, 6.07) is 13.5. The van der Waals surface area contributed by atoms with E-state index in [9.17, 15) is 13.2 Å². The highest BCUT2D eigenvalue weighted by atomic mass is 19.4. The Kier molecular flexibility index (Phi) is 2.52. The second-order valence-corrected chi connectivity index (χ2v) is 5.34. The van der Waals surface area contributed by atoms with Crippen LogP contribution in [-0.2, 0) is 13.2 Å². The Labute approximate surface area is 123 Å². The van der Waals surface area contributed by atoms with Crippen molar-refractivity contribution in [3.05, 3.63) is 54.1 Å². The number of nitrogens with zero attached hydrogens (tertiary/aromatic N) is 2. The summed E-state index contributed by atoms with van der Waals surface area (Å²) in [5.74, 6) is 0. The van der Waals surface area contributed by atoms with Gasteiger partial charge in [-0.05, 0) is 24.3 Å². The van der Waals surface area contributed by atoms with Gasteiger partial charge in [-0.15, -0.1) is 0 Å². The minimum absolute atomic E-state index is 0.535. The fraction of sp³-hybridized carbons (Fsp3) is 0.118. The Hall–Kier alpha value is -2.56. The number of aromatic nitrogens is 2. The third-order valence-electron chi connectivity index (χ3n) is 4.00. The molecule has 0 fully saturated rings. The third kappa shape index (κ3) is 1.78. The first-order valence-electron chi connectivity index (χ1n) is 6.80. The topological polar surface area (TPSA) is 17.8 Å². The molecule has 2 heterocycles. The molecule has 0 unspecified atom stereocenters. The highest BCUT2D eigenvalue weighted by molar-refractivity contribution is 6.10. The van der Waals surface area contributed by atoms with Gasteiger partial charge in [0.1, 0.15) is 5.65 Å². The maximum absolute atomic E-state index is 12.9. The number of alkyl halides is 3. The molecular weight excluding hydrogens is 289 g/mol. The zero-order valence-corrected chi connectivity index (χ0v) is 11.6. The molecule has 0 radical (unpaired) electrons. The lowest BCUT2D eigenvalue weighted by Gasteiger charge is -2.06. The zero-order chi connectivity index (χ0) is 15.5. The van der Waals surface area contributed by atoms with E-state index in [0.717, 1.165) is 27.7 Å². The summed E-state index contributed by atoms with van der Waals surface area (Å²) in [6.07, 6.45) is -4.34. The molecule has 0 N–H and O–H groups in total. The van der Waals surface area contributed by atoms with Gasteiger partial charge in [-0.1, -0.05) is 24.3 Å². The Morgan fingerprint density at radius 2 is 1.73 bits per heavy atom. The van der Waals surface area contributed by atoms with E-state index < -0.39 is 11.7 Å². The average molecular weight is 300 g/mol. The SMILES string of the molecule is Cn1c2cc(C(F)(F)F)ccc2c2cc3ccccc3nc21. The second kappa shape index (κ2) is 4.22. The first kappa shape index (κ1) is 13.1. The van der Waals surface area contributed by atoms with Crippen molar-refractivity contribution in [2.24, 2.45) is 7.05 Å². The summed E-state index contributed by atoms with van der Waals surface area (Å²) in [6.45, 7) is 0. The van der Waals surface area contributed by atoms with E-state index in [1.807, 2.05) is 30.3 Å². The molecule has 4 aromatic rings. The number of rotatable bonds is 0. The Morgan fingerprint density at radius 3 is 2.50 bits per heavy atom. The van der Waals surface area contributed by atoms with E-state index in [4.69, 9.17) is 0 Å². The monoisotopic (exact) mass is 300 g/mol. The fourth-order valence-corrected chi connectivity index (χ4v) is 2.89. The summed E-state index contributed by atoms with van der Waals surface area (Å²) in [5, 5.41) is 2.62. The first-order valence-corrected chi connectivity index (χ1v) is 6.80. The van der Waals surface area contributed by atoms with Crippen molar-refractivity contribution in [2.75, 3.05) is 0 Å². The van der Waals surface area contributed by atoms with E-state index in [1.165, 1.54) is 12.1 Å². The summed E-state index contributed by atoms with van der Waals surface area (Å²) in [7, 11) is 1.74. The van der Waals surface area contributed by atoms with Crippen LogP contribution in [0.25, 0.3) is 32.8 Å². The van der Waals surface area contributed by atoms with Crippen molar-refractivity contribution >= 4 is 32.8 Å². The lowest BCUT2D eigenvalue weighted by Crippen LogP contribution is -2.04. The van der Waals surface area contributed by atoms with Crippen molar-refractivity contribution in [1.82, 2.24) is 9.55 Å². The molecule has 4 rings (SSSR count). The van der Waals surface area contributed by atoms with Gasteiger partial charge in [0.05, 0.1) is 16.6 Å². The lowest BCUT2D eigenvalue weighted by atomic mass is 10.1. The summed E-state index contributed by atoms with van der Waals surface area (Å²) < 4.78 is 40.4. The van der Waals surface area contributed by atoms with E-state index in [2.05, 4.69) is 4.98 Å². The lowest BCUT2D eigenvalue weighted by molar-refractivity contribution is -0.137. The van der Waals surface area contributed by atoms with Gasteiger partial charge in [0.25, 0.3) is 0 Å². The number of pyridine rings is 1. The average Bonchev–Trinajstić information content (AvgIpc) is 2.77. The van der Waals surface area contributed by atoms with Crippen LogP contribution in [0, 0.1) is 0 Å². The Bertz CT molecular complexity index is 1030. The van der Waals surface area contributed by atoms with Crippen molar-refractivity contribution in [1.29, 1.82) is 0 Å². The minimum atomic E-state index is -4.34. The van der Waals surface area contributed by atoms with Crippen LogP contribution in [0.4, 0.5) is 13.2 Å². The largest absolute Gasteiger partial charge is 0.416 e. The highest BCUT2D eigenvalue weighted by Gasteiger charge is 2.31. The predicted octanol–water partition coefficient (Wildman–Crippen LogP) is 4.90. The van der Waals surface area contributed by atoms with Gasteiger partial charge in [-0.3, -0.25) is 0 Å². The van der Waals surface area contributed by atoms with Crippen molar-refractivity contribution in [3.8, 4) is 0 Å². The molecule has 2 aromatic carbocycles. The number of fused-ring (bicyclic) bond motifs is 4. The molecule has 22 heavy (non-hydrogen) atoms. The predicted molar refractivity (Wildman–Crippen MR) is 80.7 cm³/mol. The smallest absolute Gasteiger partial charge is 0.328 e. The van der Waals surface area contributed by atoms with Crippen LogP contribution in [-0.4, -0.2) is 9.55 Å². The number of halogens is 3. The summed E-state index contributed by atoms with van der Waals surface area (Å²) in [5.41, 5.74) is 1.41. The van der Waals surface area contributed by atoms with Crippen LogP contribution < -0.4 is 0 Å². The van der Waals surface area contributed by atoms with E-state index in [0.29, 0.717) is 11.2 Å². The van der Waals surface area contributed by atoms with Crippen LogP contribution in [0.1, 0.15) is 5.56 Å². The molecule has 110 valence electrons. The Balaban J connectivity index is 2.14. The fourth-order valence-electron chi connectivity index (χ4n) is 2.89. The van der Waals surface area contributed by atoms with Gasteiger partial charge in [0, 0.05) is 23.2 Å². The zero-order valence-electron chi connectivity index (χ0n) is 11.6. The van der Waals surface area contributed by atoms with Gasteiger partial charge in [-0.2, -0.15) is 13.2 Å². The molecule has 2 nitrogen and oxygen atoms in total. The molecule has 2 aromatic heterocycles. The van der Waals surface area contributed by atoms with Gasteiger partial charge in [-0.25, -0.2) is 4.98 Å². The number of aryl methyl sites for hydroxylation is 1. The number of para-hydroxylation sites is 1. The van der Waals surface area contributed by atoms with Gasteiger partial charge < -0.3 is 4.57 Å². The Morgan fingerprint density at radius 1 is 0.955 bits per heavy atom. The molecule has 0 amide bonds. The molecule has 0 spiro atoms. The standard InChI is InChI=1S/C17H11F3N2/c1-22-15-9-11(17(18,19)20)6-7-12(15)13-8-10-4-2-3-5-14(10)21-16(13)22/h2-9H,1H3. The third-order valence-corrected chi connectivity index (χ3v) is 4.00. The van der Waals surface area contributed by atoms with Crippen LogP contribution in [0.15, 0.2) is 48.5 Å². The molecular formula is C17H11F3N2. The maximum atomic E-state index is 12.9. The summed E-state index contributed by atoms with van der Waals surface area (Å²) in [4.78, 5) is 4.59. The molecule has 0 saturated carbocycles. The van der Waals surface area contributed by atoms with Gasteiger partial charge in [0.15, 0.2) is 0 Å². The first-order chi connectivity index (χ1) is 10.4. The number of benzene rings is 2. The normalized spacial score (nSPS) is 12.5. The molecule has 0 aliphatic heterocycles. The van der Waals surface area contributed by atoms with E-state index >= 15 is 0 Å². The maximum Gasteiger partial charge on any atom is 0.416 e. The van der Waals surface area contributed by atoms with Crippen LogP contribution in [0.5, 0.6) is 0 Å². The van der Waals surface area contributed by atoms with E-state index in [-0.39, 0.29) is 0 Å². The van der Waals surface area contributed by atoms with Crippen molar-refractivity contribution in [2.45, 2.75) is 6.18 Å². The molecule has 0 saturated heterocycles. The van der Waals surface area contributed by atoms with Crippen molar-refractivity contribution in [3.63, 3.8) is 0 Å². The molecule has 5 heteroatoms. The van der Waals surface area contributed by atoms with Crippen LogP contribution in [0.3, 0.4) is 0 Å². The molecule has 0 atom stereocenters. The van der Waals surface area contributed by atoms with Gasteiger partial charge >= 0.3 is 6.18 Å². The number of hydrogen-bond donors (Lipinski definition) is 0. The van der Waals surface area contributed by atoms with E-state index in [1.54, 1.807) is 11.6 Å². The van der Waals surface area contributed by atoms with Crippen LogP contribution in [0.2, 0.25) is 0 Å². The number of hydrogen-bond acceptors (Lipinski definition) is 1. The molecule has 0 aliphatic rings. The molecule has 0 aliphatic carbocycles. The van der Waals surface area contributed by atoms with Gasteiger partial charge in [0.2, 0.25) is 0 Å². The van der Waals surface area contributed by atoms with Crippen molar-refractivity contribution < 1.29 is 13.2 Å². The summed E-state index contributed by atoms with van der Waals surface area (Å²) >= 11 is 0. The molecule has 0 bridgehead atoms. The quantitative estimate of drug-likeness (QED) is 0.452. The minimum Gasteiger partial charge on any atom is -0.328 e. The second-order valence-electron chi connectivity index (χ2n) is 5.34.